The number of fused-ring (bicyclic) bond motifs is 2. The van der Waals surface area contributed by atoms with Crippen LogP contribution in [0.15, 0.2) is 48.7 Å². The second kappa shape index (κ2) is 9.96. The second-order valence-electron chi connectivity index (χ2n) is 9.14. The molecule has 2 aromatic heterocycles. The molecule has 4 aromatic rings. The van der Waals surface area contributed by atoms with Gasteiger partial charge in [0.15, 0.2) is 11.5 Å². The van der Waals surface area contributed by atoms with Gasteiger partial charge >= 0.3 is 6.09 Å². The molecule has 37 heavy (non-hydrogen) atoms. The summed E-state index contributed by atoms with van der Waals surface area (Å²) in [6.07, 6.45) is 7.14. The molecule has 190 valence electrons. The lowest BCUT2D eigenvalue weighted by molar-refractivity contribution is 0.171. The van der Waals surface area contributed by atoms with Crippen molar-refractivity contribution < 1.29 is 19.0 Å². The van der Waals surface area contributed by atoms with E-state index < -0.39 is 6.09 Å². The van der Waals surface area contributed by atoms with Crippen molar-refractivity contribution in [3.05, 3.63) is 48.7 Å². The van der Waals surface area contributed by atoms with Gasteiger partial charge in [-0.3, -0.25) is 4.57 Å². The number of rotatable bonds is 5. The van der Waals surface area contributed by atoms with Crippen LogP contribution in [0.1, 0.15) is 32.1 Å². The predicted molar refractivity (Wildman–Crippen MR) is 139 cm³/mol. The van der Waals surface area contributed by atoms with Crippen LogP contribution >= 0.6 is 0 Å². The van der Waals surface area contributed by atoms with E-state index in [0.717, 1.165) is 29.4 Å². The van der Waals surface area contributed by atoms with Crippen LogP contribution in [0.25, 0.3) is 28.2 Å². The molecule has 10 heteroatoms. The first kappa shape index (κ1) is 23.1. The van der Waals surface area contributed by atoms with E-state index in [-0.39, 0.29) is 0 Å². The number of ether oxygens (including phenoxy) is 3. The molecule has 0 unspecified atom stereocenters. The number of anilines is 1. The first-order valence-corrected chi connectivity index (χ1v) is 12.6. The Kier molecular flexibility index (Phi) is 6.21. The molecule has 2 aromatic carbocycles. The molecule has 1 fully saturated rings. The van der Waals surface area contributed by atoms with Gasteiger partial charge in [-0.15, -0.1) is 0 Å². The fourth-order valence-electron chi connectivity index (χ4n) is 4.86. The molecule has 0 saturated heterocycles. The fourth-order valence-corrected chi connectivity index (χ4v) is 4.86. The Morgan fingerprint density at radius 1 is 1.00 bits per heavy atom. The van der Waals surface area contributed by atoms with Crippen LogP contribution in [0.3, 0.4) is 0 Å². The largest absolute Gasteiger partial charge is 0.486 e. The number of aromatic nitrogens is 4. The highest BCUT2D eigenvalue weighted by Crippen LogP contribution is 2.37. The third-order valence-electron chi connectivity index (χ3n) is 6.65. The minimum atomic E-state index is -0.543. The number of hydrogen-bond donors (Lipinski definition) is 2. The number of benzene rings is 2. The first-order valence-electron chi connectivity index (χ1n) is 12.6. The lowest BCUT2D eigenvalue weighted by atomic mass is 9.96. The third-order valence-corrected chi connectivity index (χ3v) is 6.65. The SMILES string of the molecule is CNC(=O)Oc1ccc2nc(-c3ccc4c(c3)OCCO4)n(-c3ccnc(NC4CCCCC4)n3)c2c1. The zero-order valence-electron chi connectivity index (χ0n) is 20.6. The predicted octanol–water partition coefficient (Wildman–Crippen LogP) is 4.72. The van der Waals surface area contributed by atoms with Gasteiger partial charge in [0.2, 0.25) is 5.95 Å². The number of carbonyl (C=O) groups excluding carboxylic acids is 1. The highest BCUT2D eigenvalue weighted by Gasteiger charge is 2.21. The Hall–Kier alpha value is -4.34. The van der Waals surface area contributed by atoms with E-state index in [1.54, 1.807) is 18.3 Å². The van der Waals surface area contributed by atoms with Crippen molar-refractivity contribution in [1.29, 1.82) is 0 Å². The maximum Gasteiger partial charge on any atom is 0.412 e. The van der Waals surface area contributed by atoms with Gasteiger partial charge < -0.3 is 24.8 Å². The monoisotopic (exact) mass is 500 g/mol. The number of nitrogens with zero attached hydrogens (tertiary/aromatic N) is 4. The molecule has 0 spiro atoms. The number of nitrogens with one attached hydrogen (secondary N) is 2. The summed E-state index contributed by atoms with van der Waals surface area (Å²) in [7, 11) is 1.52. The van der Waals surface area contributed by atoms with Crippen LogP contribution < -0.4 is 24.8 Å². The van der Waals surface area contributed by atoms with Crippen molar-refractivity contribution in [2.24, 2.45) is 0 Å². The van der Waals surface area contributed by atoms with Crippen LogP contribution in [0, 0.1) is 0 Å². The first-order chi connectivity index (χ1) is 18.2. The molecule has 1 amide bonds. The molecule has 0 bridgehead atoms. The molecule has 1 saturated carbocycles. The van der Waals surface area contributed by atoms with E-state index in [9.17, 15) is 4.79 Å². The van der Waals surface area contributed by atoms with E-state index in [2.05, 4.69) is 15.6 Å². The lowest BCUT2D eigenvalue weighted by Gasteiger charge is -2.23. The summed E-state index contributed by atoms with van der Waals surface area (Å²) in [4.78, 5) is 26.1. The molecule has 6 rings (SSSR count). The van der Waals surface area contributed by atoms with E-state index in [4.69, 9.17) is 24.2 Å². The Labute approximate surface area is 214 Å². The van der Waals surface area contributed by atoms with Gasteiger partial charge in [-0.05, 0) is 49.2 Å². The van der Waals surface area contributed by atoms with Gasteiger partial charge in [0, 0.05) is 30.9 Å². The summed E-state index contributed by atoms with van der Waals surface area (Å²) in [5, 5.41) is 5.98. The minimum absolute atomic E-state index is 0.369. The maximum atomic E-state index is 11.9. The average molecular weight is 501 g/mol. The Morgan fingerprint density at radius 2 is 1.84 bits per heavy atom. The third kappa shape index (κ3) is 4.74. The number of hydrogen-bond acceptors (Lipinski definition) is 8. The topological polar surface area (TPSA) is 112 Å². The van der Waals surface area contributed by atoms with Crippen molar-refractivity contribution in [2.45, 2.75) is 38.1 Å². The molecular formula is C27H28N6O4. The zero-order valence-corrected chi connectivity index (χ0v) is 20.6. The van der Waals surface area contributed by atoms with E-state index in [1.807, 2.05) is 34.9 Å². The van der Waals surface area contributed by atoms with Crippen LogP contribution in [0.4, 0.5) is 10.7 Å². The second-order valence-corrected chi connectivity index (χ2v) is 9.14. The fraction of sp³-hybridized carbons (Fsp3) is 0.333. The summed E-state index contributed by atoms with van der Waals surface area (Å²) in [6, 6.07) is 13.3. The van der Waals surface area contributed by atoms with Crippen molar-refractivity contribution in [3.63, 3.8) is 0 Å². The molecule has 10 nitrogen and oxygen atoms in total. The van der Waals surface area contributed by atoms with Gasteiger partial charge in [0.1, 0.15) is 30.6 Å². The molecule has 1 aliphatic heterocycles. The van der Waals surface area contributed by atoms with E-state index >= 15 is 0 Å². The van der Waals surface area contributed by atoms with Crippen LogP contribution in [0.2, 0.25) is 0 Å². The highest BCUT2D eigenvalue weighted by atomic mass is 16.6. The summed E-state index contributed by atoms with van der Waals surface area (Å²) in [6.45, 7) is 1.02. The highest BCUT2D eigenvalue weighted by molar-refractivity contribution is 5.85. The lowest BCUT2D eigenvalue weighted by Crippen LogP contribution is -2.23. The Balaban J connectivity index is 1.47. The summed E-state index contributed by atoms with van der Waals surface area (Å²) in [5.41, 5.74) is 2.32. The Morgan fingerprint density at radius 3 is 2.68 bits per heavy atom. The number of imidazole rings is 1. The molecule has 0 radical (unpaired) electrons. The smallest absolute Gasteiger partial charge is 0.412 e. The van der Waals surface area contributed by atoms with Gasteiger partial charge in [-0.1, -0.05) is 19.3 Å². The molecule has 2 N–H and O–H groups in total. The molecule has 2 aliphatic rings. The van der Waals surface area contributed by atoms with Crippen molar-refractivity contribution in [1.82, 2.24) is 24.8 Å². The van der Waals surface area contributed by atoms with Gasteiger partial charge in [-0.2, -0.15) is 4.98 Å². The molecule has 1 aliphatic carbocycles. The standard InChI is InChI=1S/C27H28N6O4/c1-28-27(34)37-19-8-9-20-21(16-19)33(24-11-12-29-26(32-24)30-18-5-3-2-4-6-18)25(31-20)17-7-10-22-23(15-17)36-14-13-35-22/h7-12,15-16,18H,2-6,13-14H2,1H3,(H,28,34)(H,29,30,32). The van der Waals surface area contributed by atoms with Crippen molar-refractivity contribution >= 4 is 23.1 Å². The van der Waals surface area contributed by atoms with Crippen LogP contribution in [-0.2, 0) is 0 Å². The van der Waals surface area contributed by atoms with Crippen molar-refractivity contribution in [2.75, 3.05) is 25.6 Å². The van der Waals surface area contributed by atoms with E-state index in [1.165, 1.54) is 26.3 Å². The molecule has 0 atom stereocenters. The average Bonchev–Trinajstić information content (AvgIpc) is 3.32. The van der Waals surface area contributed by atoms with Crippen molar-refractivity contribution in [3.8, 4) is 34.5 Å². The normalized spacial score (nSPS) is 15.4. The number of amides is 1. The maximum absolute atomic E-state index is 11.9. The zero-order chi connectivity index (χ0) is 25.2. The van der Waals surface area contributed by atoms with E-state index in [0.29, 0.717) is 54.1 Å². The molecule has 3 heterocycles. The van der Waals surface area contributed by atoms with Crippen LogP contribution in [-0.4, -0.2) is 51.9 Å². The quantitative estimate of drug-likeness (QED) is 0.405. The van der Waals surface area contributed by atoms with Gasteiger partial charge in [0.05, 0.1) is 11.0 Å². The van der Waals surface area contributed by atoms with Gasteiger partial charge in [-0.25, -0.2) is 14.8 Å². The summed E-state index contributed by atoms with van der Waals surface area (Å²) >= 11 is 0. The Bertz CT molecular complexity index is 1450. The minimum Gasteiger partial charge on any atom is -0.486 e. The van der Waals surface area contributed by atoms with Gasteiger partial charge in [0.25, 0.3) is 0 Å². The summed E-state index contributed by atoms with van der Waals surface area (Å²) < 4.78 is 18.9. The molecular weight excluding hydrogens is 472 g/mol. The summed E-state index contributed by atoms with van der Waals surface area (Å²) in [5.74, 6) is 3.69. The number of carbonyl (C=O) groups is 1. The van der Waals surface area contributed by atoms with Crippen LogP contribution in [0.5, 0.6) is 17.2 Å².